The normalized spacial score (nSPS) is 19.0. The molecule has 0 aromatic heterocycles. The first kappa shape index (κ1) is 32.2. The number of fused-ring (bicyclic) bond motifs is 2. The van der Waals surface area contributed by atoms with Gasteiger partial charge in [-0.05, 0) is 0 Å². The van der Waals surface area contributed by atoms with Crippen LogP contribution in [-0.2, 0) is 20.6 Å². The molecule has 0 saturated heterocycles. The zero-order valence-corrected chi connectivity index (χ0v) is 34.4. The molecule has 47 heavy (non-hydrogen) atoms. The fraction of sp³-hybridized carbons (Fsp3) is 0.244. The first-order valence-electron chi connectivity index (χ1n) is 17.5. The van der Waals surface area contributed by atoms with Crippen LogP contribution in [0.5, 0.6) is 0 Å². The van der Waals surface area contributed by atoms with Gasteiger partial charge in [0, 0.05) is 0 Å². The molecule has 0 radical (unpaired) electrons. The monoisotopic (exact) mass is 798 g/mol. The summed E-state index contributed by atoms with van der Waals surface area (Å²) in [4.78, 5) is 0. The summed E-state index contributed by atoms with van der Waals surface area (Å²) >= 11 is -5.14. The van der Waals surface area contributed by atoms with Crippen LogP contribution in [0.25, 0.3) is 34.4 Å². The van der Waals surface area contributed by atoms with Gasteiger partial charge in [-0.15, -0.1) is 0 Å². The van der Waals surface area contributed by atoms with Crippen molar-refractivity contribution in [2.24, 2.45) is 0 Å². The van der Waals surface area contributed by atoms with Gasteiger partial charge in [0.05, 0.1) is 0 Å². The zero-order valence-electron chi connectivity index (χ0n) is 29.4. The summed E-state index contributed by atoms with van der Waals surface area (Å²) in [7, 11) is 0. The molecule has 5 aromatic carbocycles. The molecule has 2 aliphatic rings. The van der Waals surface area contributed by atoms with E-state index in [2.05, 4.69) is 176 Å². The summed E-state index contributed by atoms with van der Waals surface area (Å²) < 4.78 is 10.4. The van der Waals surface area contributed by atoms with Gasteiger partial charge in [0.25, 0.3) is 0 Å². The second-order valence-corrected chi connectivity index (χ2v) is 100. The summed E-state index contributed by atoms with van der Waals surface area (Å²) in [5.74, 6) is 0. The van der Waals surface area contributed by atoms with Crippen molar-refractivity contribution in [3.8, 4) is 22.3 Å². The van der Waals surface area contributed by atoms with E-state index in [1.807, 2.05) is 0 Å². The third-order valence-corrected chi connectivity index (χ3v) is 58.6. The van der Waals surface area contributed by atoms with E-state index in [4.69, 9.17) is 0 Å². The molecule has 2 unspecified atom stereocenters. The molecule has 2 aliphatic carbocycles. The number of hydrogen-bond acceptors (Lipinski definition) is 0. The van der Waals surface area contributed by atoms with Gasteiger partial charge in [-0.25, -0.2) is 0 Å². The maximum atomic E-state index is 2.83. The molecule has 0 fully saturated rings. The topological polar surface area (TPSA) is 0 Å². The van der Waals surface area contributed by atoms with Crippen LogP contribution in [0.15, 0.2) is 115 Å². The number of hydrogen-bond donors (Lipinski definition) is 0. The Morgan fingerprint density at radius 3 is 1.34 bits per heavy atom. The summed E-state index contributed by atoms with van der Waals surface area (Å²) in [6.45, 7) is 11.5. The van der Waals surface area contributed by atoms with E-state index in [9.17, 15) is 0 Å². The summed E-state index contributed by atoms with van der Waals surface area (Å²) in [5, 5.41) is 0. The Hall–Kier alpha value is -3.33. The van der Waals surface area contributed by atoms with E-state index in [0.29, 0.717) is 7.35 Å². The SMILES string of the molecule is Cc1cccc(C)c1-c1cccc2c1C=C[CH]2[Hf]([CH3])([CH3])([CH3])(=[SiH2])([CH2]Cc1ccccc1)[CH]1C=Cc2c(-c3c(C)cccc3C)cccc21. The molecular weight excluding hydrogens is 747 g/mol. The fourth-order valence-electron chi connectivity index (χ4n) is 10.0. The number of rotatable bonds is 7. The molecule has 0 heterocycles. The Bertz CT molecular complexity index is 2110. The van der Waals surface area contributed by atoms with E-state index in [1.54, 1.807) is 0 Å². The standard InChI is InChI=1S/2C17H15.C8H9.3CH3.Hf.H2Si/c2*1-12-6-3-7-13(2)17(12)16-11-5-9-14-8-4-10-15(14)16;1-2-8-6-4-3-5-7-8;;;;;/h2*3-11H,1-2H3;3-7H,1-2H2;3*1H3;;1H2. The molecule has 0 bridgehead atoms. The average Bonchev–Trinajstić information content (AvgIpc) is 3.69. The molecule has 0 amide bonds. The third-order valence-electron chi connectivity index (χ3n) is 12.9. The van der Waals surface area contributed by atoms with E-state index >= 15 is 0 Å². The van der Waals surface area contributed by atoms with Gasteiger partial charge in [-0.3, -0.25) is 0 Å². The molecule has 2 heteroatoms. The van der Waals surface area contributed by atoms with Gasteiger partial charge >= 0.3 is 281 Å². The molecule has 0 saturated carbocycles. The maximum absolute atomic E-state index is 5.14. The van der Waals surface area contributed by atoms with Crippen molar-refractivity contribution in [2.75, 3.05) is 0 Å². The van der Waals surface area contributed by atoms with Crippen LogP contribution < -0.4 is 0 Å². The second kappa shape index (κ2) is 10.1. The quantitative estimate of drug-likeness (QED) is 0.144. The molecule has 238 valence electrons. The van der Waals surface area contributed by atoms with Crippen molar-refractivity contribution in [3.63, 3.8) is 0 Å². The van der Waals surface area contributed by atoms with E-state index < -0.39 is 14.2 Å². The van der Waals surface area contributed by atoms with Crippen molar-refractivity contribution in [1.82, 2.24) is 0 Å². The fourth-order valence-corrected chi connectivity index (χ4v) is 46.9. The number of aryl methyl sites for hydroxylation is 5. The Morgan fingerprint density at radius 1 is 0.511 bits per heavy atom. The predicted molar refractivity (Wildman–Crippen MR) is 207 cm³/mol. The van der Waals surface area contributed by atoms with Crippen LogP contribution in [0, 0.1) is 27.7 Å². The molecule has 7 rings (SSSR count). The first-order valence-corrected chi connectivity index (χ1v) is 43.3. The van der Waals surface area contributed by atoms with E-state index in [0.717, 1.165) is 6.42 Å². The second-order valence-electron chi connectivity index (χ2n) is 18.4. The molecular formula is C45H50HfSi. The van der Waals surface area contributed by atoms with Crippen LogP contribution in [0.1, 0.15) is 57.4 Å². The van der Waals surface area contributed by atoms with Crippen LogP contribution in [-0.4, -0.2) is 6.94 Å². The van der Waals surface area contributed by atoms with Crippen molar-refractivity contribution in [3.05, 3.63) is 165 Å². The summed E-state index contributed by atoms with van der Waals surface area (Å²) in [6, 6.07) is 39.0. The third kappa shape index (κ3) is 4.93. The zero-order chi connectivity index (χ0) is 33.3. The molecule has 0 N–H and O–H groups in total. The molecule has 2 atom stereocenters. The van der Waals surface area contributed by atoms with Crippen molar-refractivity contribution < 1.29 is 14.2 Å². The minimum atomic E-state index is -5.14. The van der Waals surface area contributed by atoms with Crippen LogP contribution in [0.2, 0.25) is 18.2 Å². The van der Waals surface area contributed by atoms with Crippen LogP contribution in [0.3, 0.4) is 0 Å². The van der Waals surface area contributed by atoms with Crippen LogP contribution >= 0.6 is 0 Å². The van der Waals surface area contributed by atoms with Gasteiger partial charge in [0.1, 0.15) is 0 Å². The van der Waals surface area contributed by atoms with Gasteiger partial charge in [0.2, 0.25) is 0 Å². The van der Waals surface area contributed by atoms with Gasteiger partial charge in [0.15, 0.2) is 0 Å². The van der Waals surface area contributed by atoms with Crippen molar-refractivity contribution in [2.45, 2.75) is 59.7 Å². The van der Waals surface area contributed by atoms with Crippen LogP contribution in [0.4, 0.5) is 0 Å². The number of benzene rings is 5. The van der Waals surface area contributed by atoms with E-state index in [1.165, 1.54) is 76.5 Å². The van der Waals surface area contributed by atoms with Crippen molar-refractivity contribution >= 4 is 19.1 Å². The Labute approximate surface area is 278 Å². The molecule has 0 nitrogen and oxygen atoms in total. The number of allylic oxidation sites excluding steroid dienone is 2. The first-order chi connectivity index (χ1) is 22.1. The molecule has 0 aliphatic heterocycles. The molecule has 5 aromatic rings. The predicted octanol–water partition coefficient (Wildman–Crippen LogP) is 12.2. The minimum absolute atomic E-state index is 0.366. The van der Waals surface area contributed by atoms with Gasteiger partial charge < -0.3 is 0 Å². The Balaban J connectivity index is 1.47. The summed E-state index contributed by atoms with van der Waals surface area (Å²) in [5.41, 5.74) is 18.3. The van der Waals surface area contributed by atoms with E-state index in [-0.39, 0.29) is 0 Å². The van der Waals surface area contributed by atoms with Gasteiger partial charge in [-0.1, -0.05) is 0 Å². The van der Waals surface area contributed by atoms with Gasteiger partial charge in [-0.2, -0.15) is 0 Å². The average molecular weight is 797 g/mol. The Morgan fingerprint density at radius 2 is 0.915 bits per heavy atom. The Kier molecular flexibility index (Phi) is 6.92. The summed E-state index contributed by atoms with van der Waals surface area (Å²) in [6.07, 6.45) is 11.4. The molecule has 0 spiro atoms. The van der Waals surface area contributed by atoms with Crippen molar-refractivity contribution in [1.29, 1.82) is 0 Å².